The van der Waals surface area contributed by atoms with Crippen LogP contribution in [0.25, 0.3) is 0 Å². The molecule has 1 fully saturated rings. The first-order chi connectivity index (χ1) is 9.54. The molecule has 20 heavy (non-hydrogen) atoms. The van der Waals surface area contributed by atoms with E-state index in [9.17, 15) is 9.59 Å². The molecule has 1 aromatic heterocycles. The highest BCUT2D eigenvalue weighted by molar-refractivity contribution is 7.17. The van der Waals surface area contributed by atoms with Crippen LogP contribution in [-0.2, 0) is 4.79 Å². The molecular formula is C14H21N3O2S. The average Bonchev–Trinajstić information content (AvgIpc) is 2.88. The van der Waals surface area contributed by atoms with Gasteiger partial charge in [-0.1, -0.05) is 30.6 Å². The van der Waals surface area contributed by atoms with Crippen molar-refractivity contribution in [2.75, 3.05) is 11.9 Å². The molecule has 1 aliphatic rings. The minimum absolute atomic E-state index is 0.0336. The van der Waals surface area contributed by atoms with E-state index in [4.69, 9.17) is 5.73 Å². The highest BCUT2D eigenvalue weighted by atomic mass is 32.1. The number of ketones is 1. The Morgan fingerprint density at radius 2 is 2.10 bits per heavy atom. The van der Waals surface area contributed by atoms with Crippen molar-refractivity contribution in [1.82, 2.24) is 4.98 Å². The summed E-state index contributed by atoms with van der Waals surface area (Å²) in [6.45, 7) is 2.04. The number of hydrogen-bond donors (Lipinski definition) is 2. The van der Waals surface area contributed by atoms with Crippen LogP contribution < -0.4 is 11.1 Å². The summed E-state index contributed by atoms with van der Waals surface area (Å²) >= 11 is 1.21. The summed E-state index contributed by atoms with van der Waals surface area (Å²) in [6, 6.07) is 0. The van der Waals surface area contributed by atoms with E-state index in [0.29, 0.717) is 23.0 Å². The summed E-state index contributed by atoms with van der Waals surface area (Å²) in [4.78, 5) is 28.0. The molecular weight excluding hydrogens is 274 g/mol. The lowest BCUT2D eigenvalue weighted by Gasteiger charge is -2.35. The average molecular weight is 295 g/mol. The first-order valence-corrected chi connectivity index (χ1v) is 7.83. The molecule has 0 atom stereocenters. The van der Waals surface area contributed by atoms with Crippen molar-refractivity contribution in [3.63, 3.8) is 0 Å². The van der Waals surface area contributed by atoms with Crippen LogP contribution in [0.1, 0.15) is 55.1 Å². The molecule has 1 heterocycles. The van der Waals surface area contributed by atoms with Crippen LogP contribution >= 0.6 is 11.3 Å². The van der Waals surface area contributed by atoms with Gasteiger partial charge in [0.05, 0.1) is 11.1 Å². The van der Waals surface area contributed by atoms with Gasteiger partial charge in [-0.3, -0.25) is 9.59 Å². The number of nitrogens with two attached hydrogens (primary N) is 1. The molecule has 1 amide bonds. The Bertz CT molecular complexity index is 492. The van der Waals surface area contributed by atoms with Crippen molar-refractivity contribution in [2.24, 2.45) is 11.1 Å². The second-order valence-corrected chi connectivity index (χ2v) is 6.61. The van der Waals surface area contributed by atoms with Crippen LogP contribution in [0.5, 0.6) is 0 Å². The maximum Gasteiger partial charge on any atom is 0.226 e. The van der Waals surface area contributed by atoms with Gasteiger partial charge in [-0.15, -0.1) is 0 Å². The number of carbonyl (C=O) groups is 2. The molecule has 0 aromatic carbocycles. The molecule has 1 aliphatic carbocycles. The van der Waals surface area contributed by atoms with Crippen LogP contribution in [0, 0.1) is 5.41 Å². The molecule has 0 radical (unpaired) electrons. The molecule has 1 saturated carbocycles. The van der Waals surface area contributed by atoms with E-state index < -0.39 is 0 Å². The minimum Gasteiger partial charge on any atom is -0.330 e. The predicted octanol–water partition coefficient (Wildman–Crippen LogP) is 2.58. The van der Waals surface area contributed by atoms with E-state index in [-0.39, 0.29) is 17.1 Å². The molecule has 0 bridgehead atoms. The van der Waals surface area contributed by atoms with Crippen molar-refractivity contribution in [2.45, 2.75) is 45.4 Å². The number of aromatic nitrogens is 1. The SMILES string of the molecule is CC(=O)c1cnc(NC(=O)CC2(CN)CCCCC2)s1. The fourth-order valence-electron chi connectivity index (χ4n) is 2.75. The van der Waals surface area contributed by atoms with Crippen LogP contribution in [0.15, 0.2) is 6.20 Å². The number of nitrogens with zero attached hydrogens (tertiary/aromatic N) is 1. The maximum absolute atomic E-state index is 12.1. The summed E-state index contributed by atoms with van der Waals surface area (Å²) in [5, 5.41) is 3.27. The molecule has 110 valence electrons. The third-order valence-corrected chi connectivity index (χ3v) is 5.00. The third-order valence-electron chi connectivity index (χ3n) is 3.98. The second-order valence-electron chi connectivity index (χ2n) is 5.58. The predicted molar refractivity (Wildman–Crippen MR) is 79.9 cm³/mol. The van der Waals surface area contributed by atoms with Gasteiger partial charge in [-0.2, -0.15) is 0 Å². The fraction of sp³-hybridized carbons (Fsp3) is 0.643. The summed E-state index contributed by atoms with van der Waals surface area (Å²) in [5.41, 5.74) is 5.83. The van der Waals surface area contributed by atoms with E-state index in [1.165, 1.54) is 30.9 Å². The third kappa shape index (κ3) is 3.64. The first-order valence-electron chi connectivity index (χ1n) is 7.01. The van der Waals surface area contributed by atoms with Crippen LogP contribution in [0.3, 0.4) is 0 Å². The molecule has 0 saturated heterocycles. The van der Waals surface area contributed by atoms with Gasteiger partial charge in [0.2, 0.25) is 5.91 Å². The second kappa shape index (κ2) is 6.45. The van der Waals surface area contributed by atoms with E-state index in [0.717, 1.165) is 25.7 Å². The maximum atomic E-state index is 12.1. The zero-order valence-corrected chi connectivity index (χ0v) is 12.6. The molecule has 0 unspecified atom stereocenters. The Labute approximate surface area is 123 Å². The standard InChI is InChI=1S/C14H21N3O2S/c1-10(18)11-8-16-13(20-11)17-12(19)7-14(9-15)5-3-2-4-6-14/h8H,2-7,9,15H2,1H3,(H,16,17,19). The monoisotopic (exact) mass is 295 g/mol. The zero-order valence-electron chi connectivity index (χ0n) is 11.8. The number of nitrogens with one attached hydrogen (secondary N) is 1. The molecule has 2 rings (SSSR count). The number of Topliss-reactive ketones (excluding diaryl/α,β-unsaturated/α-hetero) is 1. The number of thiazole rings is 1. The summed E-state index contributed by atoms with van der Waals surface area (Å²) in [5.74, 6) is -0.0875. The van der Waals surface area contributed by atoms with Gasteiger partial charge < -0.3 is 11.1 Å². The highest BCUT2D eigenvalue weighted by Gasteiger charge is 2.33. The Hall–Kier alpha value is -1.27. The zero-order chi connectivity index (χ0) is 14.6. The Balaban J connectivity index is 1.95. The number of carbonyl (C=O) groups excluding carboxylic acids is 2. The summed E-state index contributed by atoms with van der Waals surface area (Å²) in [6.07, 6.45) is 7.52. The van der Waals surface area contributed by atoms with Gasteiger partial charge in [-0.25, -0.2) is 4.98 Å². The normalized spacial score (nSPS) is 17.7. The Morgan fingerprint density at radius 1 is 1.40 bits per heavy atom. The minimum atomic E-state index is -0.0539. The van der Waals surface area contributed by atoms with Crippen molar-refractivity contribution >= 4 is 28.2 Å². The molecule has 3 N–H and O–H groups in total. The molecule has 0 aliphatic heterocycles. The largest absolute Gasteiger partial charge is 0.330 e. The molecule has 0 spiro atoms. The first kappa shape index (κ1) is 15.1. The van der Waals surface area contributed by atoms with Crippen LogP contribution in [-0.4, -0.2) is 23.2 Å². The van der Waals surface area contributed by atoms with Crippen LogP contribution in [0.2, 0.25) is 0 Å². The van der Waals surface area contributed by atoms with Gasteiger partial charge in [0, 0.05) is 13.3 Å². The fourth-order valence-corrected chi connectivity index (χ4v) is 3.48. The van der Waals surface area contributed by atoms with E-state index in [1.54, 1.807) is 0 Å². The lowest BCUT2D eigenvalue weighted by atomic mass is 9.72. The topological polar surface area (TPSA) is 85.1 Å². The van der Waals surface area contributed by atoms with Crippen molar-refractivity contribution in [3.8, 4) is 0 Å². The van der Waals surface area contributed by atoms with Gasteiger partial charge in [0.1, 0.15) is 0 Å². The lowest BCUT2D eigenvalue weighted by Crippen LogP contribution is -2.36. The number of rotatable bonds is 5. The van der Waals surface area contributed by atoms with Gasteiger partial charge in [0.15, 0.2) is 10.9 Å². The molecule has 6 heteroatoms. The van der Waals surface area contributed by atoms with Crippen molar-refractivity contribution < 1.29 is 9.59 Å². The van der Waals surface area contributed by atoms with E-state index in [2.05, 4.69) is 10.3 Å². The Kier molecular flexibility index (Phi) is 4.88. The van der Waals surface area contributed by atoms with Crippen molar-refractivity contribution in [1.29, 1.82) is 0 Å². The number of amides is 1. The van der Waals surface area contributed by atoms with E-state index in [1.807, 2.05) is 0 Å². The quantitative estimate of drug-likeness (QED) is 0.818. The van der Waals surface area contributed by atoms with E-state index >= 15 is 0 Å². The van der Waals surface area contributed by atoms with Gasteiger partial charge in [-0.05, 0) is 24.8 Å². The smallest absolute Gasteiger partial charge is 0.226 e. The van der Waals surface area contributed by atoms with Gasteiger partial charge >= 0.3 is 0 Å². The number of hydrogen-bond acceptors (Lipinski definition) is 5. The lowest BCUT2D eigenvalue weighted by molar-refractivity contribution is -0.118. The Morgan fingerprint density at radius 3 is 2.65 bits per heavy atom. The summed E-state index contributed by atoms with van der Waals surface area (Å²) < 4.78 is 0. The number of anilines is 1. The highest BCUT2D eigenvalue weighted by Crippen LogP contribution is 2.38. The van der Waals surface area contributed by atoms with Gasteiger partial charge in [0.25, 0.3) is 0 Å². The molecule has 5 nitrogen and oxygen atoms in total. The summed E-state index contributed by atoms with van der Waals surface area (Å²) in [7, 11) is 0. The van der Waals surface area contributed by atoms with Crippen molar-refractivity contribution in [3.05, 3.63) is 11.1 Å². The van der Waals surface area contributed by atoms with Crippen LogP contribution in [0.4, 0.5) is 5.13 Å². The molecule has 1 aromatic rings.